The number of hydrogen-bond acceptors (Lipinski definition) is 4. The van der Waals surface area contributed by atoms with Crippen LogP contribution in [-0.4, -0.2) is 21.6 Å². The van der Waals surface area contributed by atoms with Crippen LogP contribution in [0, 0.1) is 6.92 Å². The summed E-state index contributed by atoms with van der Waals surface area (Å²) < 4.78 is 40.4. The SMILES string of the molecule is COc1ccc(CO[C@@H]2C=Cc3ccccc3[C@H]2NS(=O)(=O)c2ccc(C)cc2)cc1. The number of benzene rings is 3. The van der Waals surface area contributed by atoms with Crippen LogP contribution in [0.4, 0.5) is 0 Å². The molecule has 160 valence electrons. The molecule has 3 aromatic carbocycles. The first-order valence-electron chi connectivity index (χ1n) is 10.1. The van der Waals surface area contributed by atoms with E-state index in [0.717, 1.165) is 28.0 Å². The highest BCUT2D eigenvalue weighted by atomic mass is 32.2. The van der Waals surface area contributed by atoms with Crippen LogP contribution in [0.3, 0.4) is 0 Å². The van der Waals surface area contributed by atoms with Crippen LogP contribution in [0.1, 0.15) is 28.3 Å². The number of ether oxygens (including phenoxy) is 2. The van der Waals surface area contributed by atoms with Gasteiger partial charge in [0.2, 0.25) is 10.0 Å². The number of nitrogens with one attached hydrogen (secondary N) is 1. The minimum Gasteiger partial charge on any atom is -0.497 e. The van der Waals surface area contributed by atoms with Gasteiger partial charge in [-0.15, -0.1) is 0 Å². The molecule has 0 fully saturated rings. The molecule has 3 aromatic rings. The van der Waals surface area contributed by atoms with Crippen molar-refractivity contribution in [1.29, 1.82) is 0 Å². The molecule has 0 radical (unpaired) electrons. The van der Waals surface area contributed by atoms with Crippen LogP contribution in [0.5, 0.6) is 5.75 Å². The van der Waals surface area contributed by atoms with Crippen LogP contribution in [0.25, 0.3) is 6.08 Å². The third-order valence-electron chi connectivity index (χ3n) is 5.34. The molecule has 6 heteroatoms. The van der Waals surface area contributed by atoms with Crippen LogP contribution in [0.15, 0.2) is 83.8 Å². The summed E-state index contributed by atoms with van der Waals surface area (Å²) in [4.78, 5) is 0.235. The maximum absolute atomic E-state index is 13.1. The second kappa shape index (κ2) is 9.06. The molecule has 0 heterocycles. The van der Waals surface area contributed by atoms with Crippen molar-refractivity contribution in [3.8, 4) is 5.75 Å². The van der Waals surface area contributed by atoms with Crippen molar-refractivity contribution in [1.82, 2.24) is 4.72 Å². The van der Waals surface area contributed by atoms with E-state index >= 15 is 0 Å². The van der Waals surface area contributed by atoms with E-state index in [4.69, 9.17) is 9.47 Å². The van der Waals surface area contributed by atoms with Crippen molar-refractivity contribution >= 4 is 16.1 Å². The maximum atomic E-state index is 13.1. The Kier molecular flexibility index (Phi) is 6.23. The van der Waals surface area contributed by atoms with Crippen LogP contribution in [0.2, 0.25) is 0 Å². The normalized spacial score (nSPS) is 17.9. The smallest absolute Gasteiger partial charge is 0.241 e. The maximum Gasteiger partial charge on any atom is 0.241 e. The predicted octanol–water partition coefficient (Wildman–Crippen LogP) is 4.64. The highest BCUT2D eigenvalue weighted by Crippen LogP contribution is 2.32. The van der Waals surface area contributed by atoms with E-state index in [2.05, 4.69) is 4.72 Å². The molecule has 5 nitrogen and oxygen atoms in total. The van der Waals surface area contributed by atoms with Crippen molar-refractivity contribution < 1.29 is 17.9 Å². The monoisotopic (exact) mass is 435 g/mol. The third kappa shape index (κ3) is 4.88. The molecule has 1 aliphatic carbocycles. The average molecular weight is 436 g/mol. The van der Waals surface area contributed by atoms with Gasteiger partial charge < -0.3 is 9.47 Å². The van der Waals surface area contributed by atoms with E-state index in [1.807, 2.05) is 67.6 Å². The molecule has 0 amide bonds. The lowest BCUT2D eigenvalue weighted by Gasteiger charge is -2.30. The summed E-state index contributed by atoms with van der Waals surface area (Å²) in [6.07, 6.45) is 3.44. The average Bonchev–Trinajstić information content (AvgIpc) is 2.79. The Morgan fingerprint density at radius 1 is 0.935 bits per heavy atom. The number of methoxy groups -OCH3 is 1. The van der Waals surface area contributed by atoms with Gasteiger partial charge in [0.25, 0.3) is 0 Å². The van der Waals surface area contributed by atoms with Gasteiger partial charge in [0.05, 0.1) is 30.8 Å². The molecule has 0 bridgehead atoms. The van der Waals surface area contributed by atoms with E-state index in [1.165, 1.54) is 0 Å². The van der Waals surface area contributed by atoms with Crippen LogP contribution < -0.4 is 9.46 Å². The van der Waals surface area contributed by atoms with E-state index in [9.17, 15) is 8.42 Å². The van der Waals surface area contributed by atoms with E-state index < -0.39 is 22.2 Å². The minimum absolute atomic E-state index is 0.235. The summed E-state index contributed by atoms with van der Waals surface area (Å²) in [6.45, 7) is 2.28. The Morgan fingerprint density at radius 2 is 1.65 bits per heavy atom. The molecule has 2 atom stereocenters. The van der Waals surface area contributed by atoms with Crippen molar-refractivity contribution in [3.05, 3.63) is 101 Å². The van der Waals surface area contributed by atoms with Gasteiger partial charge in [0, 0.05) is 0 Å². The molecule has 0 aliphatic heterocycles. The highest BCUT2D eigenvalue weighted by Gasteiger charge is 2.31. The van der Waals surface area contributed by atoms with Gasteiger partial charge in [-0.25, -0.2) is 13.1 Å². The van der Waals surface area contributed by atoms with Gasteiger partial charge in [-0.3, -0.25) is 0 Å². The number of aryl methyl sites for hydroxylation is 1. The first-order chi connectivity index (χ1) is 15.0. The number of hydrogen-bond donors (Lipinski definition) is 1. The zero-order valence-electron chi connectivity index (χ0n) is 17.5. The molecule has 1 aliphatic rings. The number of rotatable bonds is 7. The summed E-state index contributed by atoms with van der Waals surface area (Å²) >= 11 is 0. The summed E-state index contributed by atoms with van der Waals surface area (Å²) in [7, 11) is -2.10. The van der Waals surface area contributed by atoms with Gasteiger partial charge in [0.1, 0.15) is 5.75 Å². The molecule has 0 spiro atoms. The fourth-order valence-electron chi connectivity index (χ4n) is 3.58. The van der Waals surface area contributed by atoms with E-state index in [1.54, 1.807) is 31.4 Å². The number of fused-ring (bicyclic) bond motifs is 1. The zero-order valence-corrected chi connectivity index (χ0v) is 18.3. The Labute approximate surface area is 183 Å². The summed E-state index contributed by atoms with van der Waals surface area (Å²) in [5, 5.41) is 0. The fraction of sp³-hybridized carbons (Fsp3) is 0.200. The summed E-state index contributed by atoms with van der Waals surface area (Å²) in [5.41, 5.74) is 3.85. The van der Waals surface area contributed by atoms with Crippen LogP contribution >= 0.6 is 0 Å². The Bertz CT molecular complexity index is 1170. The fourth-order valence-corrected chi connectivity index (χ4v) is 4.81. The summed E-state index contributed by atoms with van der Waals surface area (Å²) in [5.74, 6) is 0.777. The standard InChI is InChI=1S/C25H25NO4S/c1-18-7-14-22(15-8-18)31(27,28)26-25-23-6-4-3-5-20(23)11-16-24(25)30-17-19-9-12-21(29-2)13-10-19/h3-16,24-26H,17H2,1-2H3/t24-,25-/m1/s1. The van der Waals surface area contributed by atoms with Gasteiger partial charge >= 0.3 is 0 Å². The summed E-state index contributed by atoms with van der Waals surface area (Å²) in [6, 6.07) is 21.7. The molecule has 0 saturated carbocycles. The first kappa shape index (κ1) is 21.3. The Morgan fingerprint density at radius 3 is 2.35 bits per heavy atom. The molecule has 1 N–H and O–H groups in total. The van der Waals surface area contributed by atoms with E-state index in [0.29, 0.717) is 6.61 Å². The first-order valence-corrected chi connectivity index (χ1v) is 11.6. The molecule has 0 unspecified atom stereocenters. The van der Waals surface area contributed by atoms with E-state index in [-0.39, 0.29) is 4.90 Å². The van der Waals surface area contributed by atoms with Gasteiger partial charge in [-0.2, -0.15) is 0 Å². The lowest BCUT2D eigenvalue weighted by Crippen LogP contribution is -2.38. The van der Waals surface area contributed by atoms with Gasteiger partial charge in [-0.1, -0.05) is 66.2 Å². The second-order valence-electron chi connectivity index (χ2n) is 7.52. The van der Waals surface area contributed by atoms with Gasteiger partial charge in [0.15, 0.2) is 0 Å². The molecule has 4 rings (SSSR count). The molecule has 0 saturated heterocycles. The molecule has 31 heavy (non-hydrogen) atoms. The van der Waals surface area contributed by atoms with Crippen molar-refractivity contribution in [2.45, 2.75) is 30.6 Å². The largest absolute Gasteiger partial charge is 0.497 e. The van der Waals surface area contributed by atoms with Gasteiger partial charge in [-0.05, 0) is 47.9 Å². The molecule has 0 aromatic heterocycles. The van der Waals surface area contributed by atoms with Crippen molar-refractivity contribution in [2.75, 3.05) is 7.11 Å². The topological polar surface area (TPSA) is 64.6 Å². The minimum atomic E-state index is -3.72. The van der Waals surface area contributed by atoms with Crippen molar-refractivity contribution in [3.63, 3.8) is 0 Å². The highest BCUT2D eigenvalue weighted by molar-refractivity contribution is 7.89. The lowest BCUT2D eigenvalue weighted by atomic mass is 9.91. The third-order valence-corrected chi connectivity index (χ3v) is 6.80. The zero-order chi connectivity index (χ0) is 21.8. The predicted molar refractivity (Wildman–Crippen MR) is 121 cm³/mol. The second-order valence-corrected chi connectivity index (χ2v) is 9.24. The Balaban J connectivity index is 1.58. The molecular formula is C25H25NO4S. The molecular weight excluding hydrogens is 410 g/mol. The van der Waals surface area contributed by atoms with Crippen LogP contribution in [-0.2, 0) is 21.4 Å². The van der Waals surface area contributed by atoms with Crippen molar-refractivity contribution in [2.24, 2.45) is 0 Å². The number of sulfonamides is 1. The quantitative estimate of drug-likeness (QED) is 0.587. The Hall–Kier alpha value is -2.93. The lowest BCUT2D eigenvalue weighted by molar-refractivity contribution is 0.0505.